The minimum Gasteiger partial charge on any atom is -0.0908 e. The molecule has 0 saturated carbocycles. The SMILES string of the molecule is CC=CC1(C)C=C(C)C=C(C)C1. The van der Waals surface area contributed by atoms with Gasteiger partial charge in [-0.2, -0.15) is 0 Å². The van der Waals surface area contributed by atoms with E-state index in [9.17, 15) is 0 Å². The van der Waals surface area contributed by atoms with Gasteiger partial charge in [-0.3, -0.25) is 0 Å². The van der Waals surface area contributed by atoms with Crippen molar-refractivity contribution in [2.75, 3.05) is 0 Å². The summed E-state index contributed by atoms with van der Waals surface area (Å²) in [5, 5.41) is 0. The molecule has 1 atom stereocenters. The van der Waals surface area contributed by atoms with Crippen LogP contribution in [0.1, 0.15) is 34.1 Å². The molecule has 0 bridgehead atoms. The summed E-state index contributed by atoms with van der Waals surface area (Å²) in [5.74, 6) is 0. The highest BCUT2D eigenvalue weighted by Gasteiger charge is 2.20. The van der Waals surface area contributed by atoms with Crippen LogP contribution in [-0.4, -0.2) is 0 Å². The van der Waals surface area contributed by atoms with Crippen molar-refractivity contribution < 1.29 is 0 Å². The Hall–Kier alpha value is -0.780. The van der Waals surface area contributed by atoms with Crippen molar-refractivity contribution in [2.45, 2.75) is 34.1 Å². The van der Waals surface area contributed by atoms with Gasteiger partial charge in [-0.15, -0.1) is 0 Å². The molecule has 0 fully saturated rings. The maximum Gasteiger partial charge on any atom is 0.00753 e. The van der Waals surface area contributed by atoms with Crippen LogP contribution < -0.4 is 0 Å². The molecule has 0 aromatic heterocycles. The fourth-order valence-electron chi connectivity index (χ4n) is 2.14. The molecule has 0 heterocycles. The molecule has 0 aliphatic heterocycles. The Morgan fingerprint density at radius 1 is 1.42 bits per heavy atom. The van der Waals surface area contributed by atoms with E-state index in [0.717, 1.165) is 6.42 Å². The monoisotopic (exact) mass is 162 g/mol. The maximum atomic E-state index is 2.35. The average Bonchev–Trinajstić information content (AvgIpc) is 1.82. The molecule has 0 spiro atoms. The lowest BCUT2D eigenvalue weighted by atomic mass is 9.78. The molecule has 0 aromatic rings. The van der Waals surface area contributed by atoms with Crippen LogP contribution in [0, 0.1) is 5.41 Å². The van der Waals surface area contributed by atoms with Crippen LogP contribution in [-0.2, 0) is 0 Å². The first kappa shape index (κ1) is 9.31. The van der Waals surface area contributed by atoms with Gasteiger partial charge in [0.05, 0.1) is 0 Å². The van der Waals surface area contributed by atoms with Gasteiger partial charge in [0.15, 0.2) is 0 Å². The van der Waals surface area contributed by atoms with Crippen LogP contribution in [0.15, 0.2) is 35.5 Å². The normalized spacial score (nSPS) is 30.3. The van der Waals surface area contributed by atoms with Gasteiger partial charge in [-0.1, -0.05) is 42.4 Å². The highest BCUT2D eigenvalue weighted by molar-refractivity contribution is 5.32. The van der Waals surface area contributed by atoms with Gasteiger partial charge >= 0.3 is 0 Å². The minimum absolute atomic E-state index is 0.262. The average molecular weight is 162 g/mol. The van der Waals surface area contributed by atoms with E-state index in [4.69, 9.17) is 0 Å². The number of hydrogen-bond donors (Lipinski definition) is 0. The van der Waals surface area contributed by atoms with E-state index in [1.807, 2.05) is 0 Å². The molecule has 0 saturated heterocycles. The zero-order valence-corrected chi connectivity index (χ0v) is 8.52. The molecule has 1 aliphatic rings. The van der Waals surface area contributed by atoms with Crippen molar-refractivity contribution >= 4 is 0 Å². The summed E-state index contributed by atoms with van der Waals surface area (Å²) in [6.45, 7) is 8.75. The third-order valence-corrected chi connectivity index (χ3v) is 2.24. The summed E-state index contributed by atoms with van der Waals surface area (Å²) in [7, 11) is 0. The van der Waals surface area contributed by atoms with E-state index in [-0.39, 0.29) is 5.41 Å². The molecular weight excluding hydrogens is 144 g/mol. The summed E-state index contributed by atoms with van der Waals surface area (Å²) < 4.78 is 0. The first-order valence-corrected chi connectivity index (χ1v) is 4.56. The minimum atomic E-state index is 0.262. The molecule has 1 unspecified atom stereocenters. The second kappa shape index (κ2) is 3.30. The Morgan fingerprint density at radius 3 is 2.58 bits per heavy atom. The van der Waals surface area contributed by atoms with E-state index in [1.165, 1.54) is 11.1 Å². The van der Waals surface area contributed by atoms with Crippen LogP contribution in [0.5, 0.6) is 0 Å². The van der Waals surface area contributed by atoms with Crippen LogP contribution in [0.25, 0.3) is 0 Å². The third-order valence-electron chi connectivity index (χ3n) is 2.24. The number of allylic oxidation sites excluding steroid dienone is 6. The van der Waals surface area contributed by atoms with Gasteiger partial charge < -0.3 is 0 Å². The zero-order chi connectivity index (χ0) is 9.19. The topological polar surface area (TPSA) is 0 Å². The lowest BCUT2D eigenvalue weighted by Crippen LogP contribution is -2.13. The second-order valence-electron chi connectivity index (χ2n) is 4.06. The van der Waals surface area contributed by atoms with E-state index < -0.39 is 0 Å². The van der Waals surface area contributed by atoms with Crippen LogP contribution >= 0.6 is 0 Å². The molecule has 1 rings (SSSR count). The fraction of sp³-hybridized carbons (Fsp3) is 0.500. The van der Waals surface area contributed by atoms with Gasteiger partial charge in [0, 0.05) is 5.41 Å². The first-order chi connectivity index (χ1) is 5.56. The largest absolute Gasteiger partial charge is 0.0908 e. The van der Waals surface area contributed by atoms with Gasteiger partial charge in [0.2, 0.25) is 0 Å². The maximum absolute atomic E-state index is 2.35. The van der Waals surface area contributed by atoms with Crippen molar-refractivity contribution in [1.29, 1.82) is 0 Å². The van der Waals surface area contributed by atoms with Crippen molar-refractivity contribution in [1.82, 2.24) is 0 Å². The number of rotatable bonds is 1. The molecule has 66 valence electrons. The van der Waals surface area contributed by atoms with Gasteiger partial charge in [0.25, 0.3) is 0 Å². The molecule has 0 aromatic carbocycles. The molecule has 0 nitrogen and oxygen atoms in total. The Labute approximate surface area is 75.7 Å². The molecular formula is C12H18. The zero-order valence-electron chi connectivity index (χ0n) is 8.52. The summed E-state index contributed by atoms with van der Waals surface area (Å²) >= 11 is 0. The smallest absolute Gasteiger partial charge is 0.00753 e. The summed E-state index contributed by atoms with van der Waals surface area (Å²) in [4.78, 5) is 0. The molecule has 0 amide bonds. The predicted octanol–water partition coefficient (Wildman–Crippen LogP) is 3.87. The highest BCUT2D eigenvalue weighted by atomic mass is 14.2. The van der Waals surface area contributed by atoms with Crippen molar-refractivity contribution in [2.24, 2.45) is 5.41 Å². The Balaban J connectivity index is 2.92. The second-order valence-corrected chi connectivity index (χ2v) is 4.06. The molecule has 1 aliphatic carbocycles. The summed E-state index contributed by atoms with van der Waals surface area (Å²) in [5.41, 5.74) is 3.13. The summed E-state index contributed by atoms with van der Waals surface area (Å²) in [6, 6.07) is 0. The van der Waals surface area contributed by atoms with Gasteiger partial charge in [-0.05, 0) is 27.2 Å². The highest BCUT2D eigenvalue weighted by Crippen LogP contribution is 2.34. The van der Waals surface area contributed by atoms with Crippen LogP contribution in [0.3, 0.4) is 0 Å². The molecule has 0 heteroatoms. The van der Waals surface area contributed by atoms with E-state index in [2.05, 4.69) is 52.0 Å². The first-order valence-electron chi connectivity index (χ1n) is 4.56. The summed E-state index contributed by atoms with van der Waals surface area (Å²) in [6.07, 6.45) is 10.2. The molecule has 12 heavy (non-hydrogen) atoms. The Bertz CT molecular complexity index is 253. The molecule has 0 radical (unpaired) electrons. The van der Waals surface area contributed by atoms with Gasteiger partial charge in [-0.25, -0.2) is 0 Å². The number of hydrogen-bond acceptors (Lipinski definition) is 0. The van der Waals surface area contributed by atoms with Gasteiger partial charge in [0.1, 0.15) is 0 Å². The van der Waals surface area contributed by atoms with E-state index in [0.29, 0.717) is 0 Å². The van der Waals surface area contributed by atoms with Crippen LogP contribution in [0.2, 0.25) is 0 Å². The van der Waals surface area contributed by atoms with Crippen molar-refractivity contribution in [3.8, 4) is 0 Å². The lowest BCUT2D eigenvalue weighted by molar-refractivity contribution is 0.534. The Kier molecular flexibility index (Phi) is 2.56. The Morgan fingerprint density at radius 2 is 2.08 bits per heavy atom. The standard InChI is InChI=1S/C12H18/c1-5-6-12(4)8-10(2)7-11(3)9-12/h5-8H,9H2,1-4H3. The third kappa shape index (κ3) is 2.10. The lowest BCUT2D eigenvalue weighted by Gasteiger charge is -2.26. The van der Waals surface area contributed by atoms with Crippen LogP contribution in [0.4, 0.5) is 0 Å². The quantitative estimate of drug-likeness (QED) is 0.513. The van der Waals surface area contributed by atoms with Crippen molar-refractivity contribution in [3.63, 3.8) is 0 Å². The van der Waals surface area contributed by atoms with Crippen molar-refractivity contribution in [3.05, 3.63) is 35.5 Å². The molecule has 0 N–H and O–H groups in total. The van der Waals surface area contributed by atoms with E-state index in [1.54, 1.807) is 0 Å². The predicted molar refractivity (Wildman–Crippen MR) is 55.1 cm³/mol. The van der Waals surface area contributed by atoms with E-state index >= 15 is 0 Å². The fourth-order valence-corrected chi connectivity index (χ4v) is 2.14.